The fraction of sp³-hybridized carbons (Fsp3) is 0.375. The maximum atomic E-state index is 13.3. The van der Waals surface area contributed by atoms with Crippen molar-refractivity contribution in [3.63, 3.8) is 0 Å². The third-order valence-corrected chi connectivity index (χ3v) is 3.95. The number of halogens is 3. The number of aliphatic hydroxyl groups excluding tert-OH is 1. The Bertz CT molecular complexity index is 762. The average Bonchev–Trinajstić information content (AvgIpc) is 2.95. The highest BCUT2D eigenvalue weighted by atomic mass is 35.5. The van der Waals surface area contributed by atoms with Gasteiger partial charge in [-0.3, -0.25) is 4.79 Å². The van der Waals surface area contributed by atoms with Gasteiger partial charge >= 0.3 is 0 Å². The van der Waals surface area contributed by atoms with Gasteiger partial charge in [0.15, 0.2) is 0 Å². The van der Waals surface area contributed by atoms with Gasteiger partial charge in [-0.25, -0.2) is 13.8 Å². The van der Waals surface area contributed by atoms with Crippen molar-refractivity contribution in [3.8, 4) is 11.5 Å². The van der Waals surface area contributed by atoms with Crippen LogP contribution in [0.5, 0.6) is 0 Å². The maximum Gasteiger partial charge on any atom is 0.242 e. The molecule has 0 aliphatic carbocycles. The van der Waals surface area contributed by atoms with E-state index in [0.29, 0.717) is 24.4 Å². The Hall–Kier alpha value is -2.03. The number of carbonyl (C=O) groups is 1. The van der Waals surface area contributed by atoms with Crippen LogP contribution in [0.3, 0.4) is 0 Å². The van der Waals surface area contributed by atoms with Gasteiger partial charge in [-0.1, -0.05) is 0 Å². The van der Waals surface area contributed by atoms with Gasteiger partial charge in [0.25, 0.3) is 0 Å². The highest BCUT2D eigenvalue weighted by Crippen LogP contribution is 2.27. The molecule has 0 saturated heterocycles. The zero-order chi connectivity index (χ0) is 17.4. The molecule has 25 heavy (non-hydrogen) atoms. The van der Waals surface area contributed by atoms with Crippen LogP contribution in [0.1, 0.15) is 18.4 Å². The van der Waals surface area contributed by atoms with Crippen molar-refractivity contribution in [3.05, 3.63) is 41.3 Å². The van der Waals surface area contributed by atoms with E-state index < -0.39 is 23.8 Å². The van der Waals surface area contributed by atoms with Crippen LogP contribution in [0.2, 0.25) is 0 Å². The number of aliphatic hydroxyl groups is 1. The summed E-state index contributed by atoms with van der Waals surface area (Å²) in [5.74, 6) is -1.14. The quantitative estimate of drug-likeness (QED) is 0.853. The molecule has 0 unspecified atom stereocenters. The first-order chi connectivity index (χ1) is 11.3. The molecule has 6 nitrogen and oxygen atoms in total. The van der Waals surface area contributed by atoms with Crippen LogP contribution in [-0.4, -0.2) is 39.6 Å². The summed E-state index contributed by atoms with van der Waals surface area (Å²) in [5.41, 5.74) is 6.39. The molecule has 0 spiro atoms. The third kappa shape index (κ3) is 3.97. The van der Waals surface area contributed by atoms with Crippen LogP contribution < -0.4 is 5.73 Å². The largest absolute Gasteiger partial charge is 0.441 e. The minimum absolute atomic E-state index is 0. The molecule has 3 rings (SSSR count). The molecule has 9 heteroatoms. The van der Waals surface area contributed by atoms with Crippen molar-refractivity contribution < 1.29 is 23.1 Å². The normalized spacial score (nSPS) is 16.0. The Labute approximate surface area is 149 Å². The summed E-state index contributed by atoms with van der Waals surface area (Å²) < 4.78 is 32.2. The smallest absolute Gasteiger partial charge is 0.242 e. The first-order valence-electron chi connectivity index (χ1n) is 7.52. The first kappa shape index (κ1) is 19.3. The molecule has 1 aromatic heterocycles. The molecule has 0 radical (unpaired) electrons. The molecule has 0 saturated carbocycles. The number of benzene rings is 1. The third-order valence-electron chi connectivity index (χ3n) is 3.95. The Morgan fingerprint density at radius 1 is 1.36 bits per heavy atom. The number of rotatable bonds is 3. The summed E-state index contributed by atoms with van der Waals surface area (Å²) in [4.78, 5) is 17.9. The number of carbonyl (C=O) groups excluding carboxylic acids is 1. The summed E-state index contributed by atoms with van der Waals surface area (Å²) in [5, 5.41) is 9.44. The van der Waals surface area contributed by atoms with E-state index >= 15 is 0 Å². The molecule has 136 valence electrons. The van der Waals surface area contributed by atoms with Crippen molar-refractivity contribution in [1.82, 2.24) is 9.88 Å². The van der Waals surface area contributed by atoms with Crippen molar-refractivity contribution in [2.45, 2.75) is 32.0 Å². The van der Waals surface area contributed by atoms with E-state index in [-0.39, 0.29) is 36.3 Å². The summed E-state index contributed by atoms with van der Waals surface area (Å²) in [6.07, 6.45) is -0.541. The Morgan fingerprint density at radius 3 is 2.60 bits per heavy atom. The standard InChI is InChI=1S/C16H17F2N3O3.ClH/c1-8(22)14(19)16(23)21-3-2-13-12(7-21)20-15(24-13)9-4-10(17)6-11(18)5-9;/h4-6,8,14,22H,2-3,7,19H2,1H3;1H/t8-,14+;/m1./s1. The fourth-order valence-corrected chi connectivity index (χ4v) is 2.60. The fourth-order valence-electron chi connectivity index (χ4n) is 2.60. The summed E-state index contributed by atoms with van der Waals surface area (Å²) >= 11 is 0. The van der Waals surface area contributed by atoms with Gasteiger partial charge in [-0.15, -0.1) is 12.4 Å². The zero-order valence-corrected chi connectivity index (χ0v) is 14.2. The molecule has 0 fully saturated rings. The van der Waals surface area contributed by atoms with Gasteiger partial charge in [-0.2, -0.15) is 0 Å². The van der Waals surface area contributed by atoms with E-state index in [9.17, 15) is 18.7 Å². The lowest BCUT2D eigenvalue weighted by Crippen LogP contribution is -2.50. The van der Waals surface area contributed by atoms with Gasteiger partial charge < -0.3 is 20.2 Å². The molecule has 2 heterocycles. The maximum absolute atomic E-state index is 13.3. The Morgan fingerprint density at radius 2 is 2.00 bits per heavy atom. The lowest BCUT2D eigenvalue weighted by Gasteiger charge is -2.28. The van der Waals surface area contributed by atoms with Gasteiger partial charge in [0.2, 0.25) is 11.8 Å². The van der Waals surface area contributed by atoms with E-state index in [1.54, 1.807) is 0 Å². The summed E-state index contributed by atoms with van der Waals surface area (Å²) in [6.45, 7) is 2.00. The number of amides is 1. The topological polar surface area (TPSA) is 92.6 Å². The number of nitrogens with zero attached hydrogens (tertiary/aromatic N) is 2. The van der Waals surface area contributed by atoms with E-state index in [0.717, 1.165) is 18.2 Å². The first-order valence-corrected chi connectivity index (χ1v) is 7.52. The number of aromatic nitrogens is 1. The van der Waals surface area contributed by atoms with Crippen LogP contribution in [0.15, 0.2) is 22.6 Å². The van der Waals surface area contributed by atoms with E-state index in [1.165, 1.54) is 11.8 Å². The van der Waals surface area contributed by atoms with E-state index in [4.69, 9.17) is 10.2 Å². The number of oxazole rings is 1. The van der Waals surface area contributed by atoms with Gasteiger partial charge in [-0.05, 0) is 19.1 Å². The molecule has 2 aromatic rings. The molecule has 1 amide bonds. The van der Waals surface area contributed by atoms with Crippen molar-refractivity contribution in [2.24, 2.45) is 5.73 Å². The lowest BCUT2D eigenvalue weighted by atomic mass is 10.1. The second-order valence-electron chi connectivity index (χ2n) is 5.82. The molecular weight excluding hydrogens is 356 g/mol. The van der Waals surface area contributed by atoms with Crippen LogP contribution in [-0.2, 0) is 17.8 Å². The van der Waals surface area contributed by atoms with Gasteiger partial charge in [0.05, 0.1) is 12.6 Å². The lowest BCUT2D eigenvalue weighted by molar-refractivity contribution is -0.135. The Kier molecular flexibility index (Phi) is 5.76. The predicted molar refractivity (Wildman–Crippen MR) is 87.9 cm³/mol. The minimum Gasteiger partial charge on any atom is -0.441 e. The average molecular weight is 374 g/mol. The van der Waals surface area contributed by atoms with Crippen molar-refractivity contribution in [1.29, 1.82) is 0 Å². The van der Waals surface area contributed by atoms with Crippen molar-refractivity contribution >= 4 is 18.3 Å². The molecule has 3 N–H and O–H groups in total. The Balaban J connectivity index is 0.00000225. The highest BCUT2D eigenvalue weighted by molar-refractivity contribution is 5.85. The number of fused-ring (bicyclic) bond motifs is 1. The number of hydrogen-bond donors (Lipinski definition) is 2. The van der Waals surface area contributed by atoms with E-state index in [2.05, 4.69) is 4.98 Å². The van der Waals surface area contributed by atoms with Crippen LogP contribution in [0.4, 0.5) is 8.78 Å². The molecule has 1 aliphatic rings. The second kappa shape index (κ2) is 7.47. The monoisotopic (exact) mass is 373 g/mol. The molecule has 1 aliphatic heterocycles. The summed E-state index contributed by atoms with van der Waals surface area (Å²) in [6, 6.07) is 2.03. The predicted octanol–water partition coefficient (Wildman–Crippen LogP) is 1.63. The molecule has 1 aromatic carbocycles. The van der Waals surface area contributed by atoms with Crippen LogP contribution >= 0.6 is 12.4 Å². The van der Waals surface area contributed by atoms with Crippen LogP contribution in [0, 0.1) is 11.6 Å². The molecule has 2 atom stereocenters. The second-order valence-corrected chi connectivity index (χ2v) is 5.82. The SMILES string of the molecule is C[C@@H](O)[C@H](N)C(=O)N1CCc2oc(-c3cc(F)cc(F)c3)nc2C1.Cl. The highest BCUT2D eigenvalue weighted by Gasteiger charge is 2.30. The minimum atomic E-state index is -1.00. The van der Waals surface area contributed by atoms with E-state index in [1.807, 2.05) is 0 Å². The van der Waals surface area contributed by atoms with Gasteiger partial charge in [0.1, 0.15) is 29.1 Å². The number of nitrogens with two attached hydrogens (primary N) is 1. The van der Waals surface area contributed by atoms with Crippen LogP contribution in [0.25, 0.3) is 11.5 Å². The van der Waals surface area contributed by atoms with Crippen molar-refractivity contribution in [2.75, 3.05) is 6.54 Å². The molecule has 0 bridgehead atoms. The van der Waals surface area contributed by atoms with Gasteiger partial charge in [0, 0.05) is 24.6 Å². The zero-order valence-electron chi connectivity index (χ0n) is 13.4. The summed E-state index contributed by atoms with van der Waals surface area (Å²) in [7, 11) is 0. The number of hydrogen-bond acceptors (Lipinski definition) is 5. The molecular formula is C16H18ClF2N3O3.